The summed E-state index contributed by atoms with van der Waals surface area (Å²) in [5.41, 5.74) is 0. The Hall–Kier alpha value is -0.610. The van der Waals surface area contributed by atoms with Gasteiger partial charge in [-0.05, 0) is 44.1 Å². The largest absolute Gasteiger partial charge is 0.396 e. The van der Waals surface area contributed by atoms with Gasteiger partial charge < -0.3 is 15.3 Å². The van der Waals surface area contributed by atoms with Crippen molar-refractivity contribution in [3.63, 3.8) is 0 Å². The van der Waals surface area contributed by atoms with Crippen LogP contribution >= 0.6 is 0 Å². The number of hydrogen-bond acceptors (Lipinski definition) is 3. The molecule has 0 spiro atoms. The minimum absolute atomic E-state index is 0.160. The zero-order valence-electron chi connectivity index (χ0n) is 11.4. The smallest absolute Gasteiger partial charge is 0.219 e. The Labute approximate surface area is 110 Å². The number of nitrogens with one attached hydrogen (secondary N) is 1. The molecule has 4 heteroatoms. The average molecular weight is 254 g/mol. The predicted octanol–water partition coefficient (Wildman–Crippen LogP) is 0.995. The van der Waals surface area contributed by atoms with E-state index < -0.39 is 0 Å². The summed E-state index contributed by atoms with van der Waals surface area (Å²) in [5.74, 6) is 1.47. The number of rotatable bonds is 5. The SMILES string of the molecule is CC(=O)N1CC(CCO)CC(NCC2CCC2)C1. The summed E-state index contributed by atoms with van der Waals surface area (Å²) in [5, 5.41) is 12.7. The van der Waals surface area contributed by atoms with Crippen LogP contribution in [0.3, 0.4) is 0 Å². The summed E-state index contributed by atoms with van der Waals surface area (Å²) in [6, 6.07) is 0.416. The topological polar surface area (TPSA) is 52.6 Å². The zero-order valence-corrected chi connectivity index (χ0v) is 11.4. The molecule has 104 valence electrons. The number of piperidine rings is 1. The van der Waals surface area contributed by atoms with Gasteiger partial charge in [-0.2, -0.15) is 0 Å². The zero-order chi connectivity index (χ0) is 13.0. The van der Waals surface area contributed by atoms with E-state index in [9.17, 15) is 4.79 Å². The van der Waals surface area contributed by atoms with Gasteiger partial charge >= 0.3 is 0 Å². The van der Waals surface area contributed by atoms with Gasteiger partial charge in [-0.1, -0.05) is 6.42 Å². The van der Waals surface area contributed by atoms with E-state index in [4.69, 9.17) is 5.11 Å². The Balaban J connectivity index is 1.81. The molecule has 0 aromatic rings. The maximum Gasteiger partial charge on any atom is 0.219 e. The molecule has 4 nitrogen and oxygen atoms in total. The van der Waals surface area contributed by atoms with Gasteiger partial charge in [0.2, 0.25) is 5.91 Å². The van der Waals surface area contributed by atoms with Crippen LogP contribution in [0, 0.1) is 11.8 Å². The van der Waals surface area contributed by atoms with Crippen molar-refractivity contribution in [1.29, 1.82) is 0 Å². The highest BCUT2D eigenvalue weighted by Gasteiger charge is 2.29. The number of carbonyl (C=O) groups is 1. The first kappa shape index (κ1) is 13.8. The van der Waals surface area contributed by atoms with E-state index >= 15 is 0 Å². The highest BCUT2D eigenvalue weighted by molar-refractivity contribution is 5.73. The van der Waals surface area contributed by atoms with Crippen LogP contribution in [-0.4, -0.2) is 48.2 Å². The number of amides is 1. The maximum atomic E-state index is 11.5. The van der Waals surface area contributed by atoms with E-state index in [1.165, 1.54) is 19.3 Å². The summed E-state index contributed by atoms with van der Waals surface area (Å²) >= 11 is 0. The summed E-state index contributed by atoms with van der Waals surface area (Å²) in [6.45, 7) is 4.62. The fourth-order valence-corrected chi connectivity index (χ4v) is 3.03. The fourth-order valence-electron chi connectivity index (χ4n) is 3.03. The van der Waals surface area contributed by atoms with Crippen molar-refractivity contribution in [2.75, 3.05) is 26.2 Å². The number of carbonyl (C=O) groups excluding carboxylic acids is 1. The molecular weight excluding hydrogens is 228 g/mol. The third-order valence-electron chi connectivity index (χ3n) is 4.44. The standard InChI is InChI=1S/C14H26N2O2/c1-11(18)16-9-13(5-6-17)7-14(10-16)15-8-12-3-2-4-12/h12-15,17H,2-10H2,1H3. The fraction of sp³-hybridized carbons (Fsp3) is 0.929. The normalized spacial score (nSPS) is 29.1. The van der Waals surface area contributed by atoms with Crippen LogP contribution in [0.15, 0.2) is 0 Å². The Morgan fingerprint density at radius 2 is 2.11 bits per heavy atom. The monoisotopic (exact) mass is 254 g/mol. The van der Waals surface area contributed by atoms with Crippen molar-refractivity contribution < 1.29 is 9.90 Å². The first-order valence-electron chi connectivity index (χ1n) is 7.28. The van der Waals surface area contributed by atoms with Gasteiger partial charge in [0.25, 0.3) is 0 Å². The van der Waals surface area contributed by atoms with E-state index in [-0.39, 0.29) is 12.5 Å². The summed E-state index contributed by atoms with van der Waals surface area (Å²) in [7, 11) is 0. The molecular formula is C14H26N2O2. The van der Waals surface area contributed by atoms with Crippen LogP contribution in [0.25, 0.3) is 0 Å². The van der Waals surface area contributed by atoms with Crippen LogP contribution in [0.4, 0.5) is 0 Å². The molecule has 2 atom stereocenters. The molecule has 0 aromatic carbocycles. The van der Waals surface area contributed by atoms with E-state index in [1.54, 1.807) is 6.92 Å². The molecule has 2 rings (SSSR count). The van der Waals surface area contributed by atoms with Gasteiger partial charge in [0.05, 0.1) is 0 Å². The highest BCUT2D eigenvalue weighted by Crippen LogP contribution is 2.26. The lowest BCUT2D eigenvalue weighted by atomic mass is 9.84. The van der Waals surface area contributed by atoms with Gasteiger partial charge in [-0.15, -0.1) is 0 Å². The van der Waals surface area contributed by atoms with Crippen molar-refractivity contribution in [2.45, 2.75) is 45.1 Å². The van der Waals surface area contributed by atoms with E-state index in [0.717, 1.165) is 38.4 Å². The Bertz CT molecular complexity index is 279. The van der Waals surface area contributed by atoms with E-state index in [1.807, 2.05) is 4.90 Å². The predicted molar refractivity (Wildman–Crippen MR) is 71.2 cm³/mol. The number of hydrogen-bond donors (Lipinski definition) is 2. The van der Waals surface area contributed by atoms with Gasteiger partial charge in [0, 0.05) is 32.7 Å². The van der Waals surface area contributed by atoms with Gasteiger partial charge in [-0.25, -0.2) is 0 Å². The van der Waals surface area contributed by atoms with Gasteiger partial charge in [-0.3, -0.25) is 4.79 Å². The number of aliphatic hydroxyl groups excluding tert-OH is 1. The third kappa shape index (κ3) is 3.69. The molecule has 0 radical (unpaired) electrons. The third-order valence-corrected chi connectivity index (χ3v) is 4.44. The molecule has 2 fully saturated rings. The van der Waals surface area contributed by atoms with Crippen LogP contribution < -0.4 is 5.32 Å². The van der Waals surface area contributed by atoms with Crippen LogP contribution in [0.2, 0.25) is 0 Å². The Morgan fingerprint density at radius 3 is 2.67 bits per heavy atom. The van der Waals surface area contributed by atoms with Crippen molar-refractivity contribution in [1.82, 2.24) is 10.2 Å². The van der Waals surface area contributed by atoms with Crippen molar-refractivity contribution in [2.24, 2.45) is 11.8 Å². The van der Waals surface area contributed by atoms with Gasteiger partial charge in [0.15, 0.2) is 0 Å². The summed E-state index contributed by atoms with van der Waals surface area (Å²) < 4.78 is 0. The molecule has 0 bridgehead atoms. The minimum atomic E-state index is 0.160. The lowest BCUT2D eigenvalue weighted by Crippen LogP contribution is -2.52. The maximum absolute atomic E-state index is 11.5. The Kier molecular flexibility index (Phi) is 5.01. The van der Waals surface area contributed by atoms with Crippen molar-refractivity contribution >= 4 is 5.91 Å². The van der Waals surface area contributed by atoms with Crippen LogP contribution in [0.1, 0.15) is 39.0 Å². The van der Waals surface area contributed by atoms with Crippen LogP contribution in [-0.2, 0) is 4.79 Å². The molecule has 0 aromatic heterocycles. The lowest BCUT2D eigenvalue weighted by molar-refractivity contribution is -0.131. The van der Waals surface area contributed by atoms with Crippen molar-refractivity contribution in [3.8, 4) is 0 Å². The molecule has 1 saturated carbocycles. The second-order valence-electron chi connectivity index (χ2n) is 5.94. The van der Waals surface area contributed by atoms with Crippen molar-refractivity contribution in [3.05, 3.63) is 0 Å². The molecule has 2 aliphatic rings. The quantitative estimate of drug-likeness (QED) is 0.769. The highest BCUT2D eigenvalue weighted by atomic mass is 16.3. The Morgan fingerprint density at radius 1 is 1.33 bits per heavy atom. The number of nitrogens with zero attached hydrogens (tertiary/aromatic N) is 1. The molecule has 18 heavy (non-hydrogen) atoms. The van der Waals surface area contributed by atoms with Crippen LogP contribution in [0.5, 0.6) is 0 Å². The molecule has 1 aliphatic heterocycles. The minimum Gasteiger partial charge on any atom is -0.396 e. The second-order valence-corrected chi connectivity index (χ2v) is 5.94. The first-order chi connectivity index (χ1) is 8.69. The molecule has 1 amide bonds. The first-order valence-corrected chi connectivity index (χ1v) is 7.28. The van der Waals surface area contributed by atoms with E-state index in [0.29, 0.717) is 12.0 Å². The molecule has 1 heterocycles. The number of likely N-dealkylation sites (tertiary alicyclic amines) is 1. The molecule has 1 aliphatic carbocycles. The number of aliphatic hydroxyl groups is 1. The lowest BCUT2D eigenvalue weighted by Gasteiger charge is -2.39. The summed E-state index contributed by atoms with van der Waals surface area (Å²) in [6.07, 6.45) is 6.00. The summed E-state index contributed by atoms with van der Waals surface area (Å²) in [4.78, 5) is 13.5. The molecule has 2 N–H and O–H groups in total. The van der Waals surface area contributed by atoms with E-state index in [2.05, 4.69) is 5.32 Å². The average Bonchev–Trinajstić information content (AvgIpc) is 2.27. The van der Waals surface area contributed by atoms with Gasteiger partial charge in [0.1, 0.15) is 0 Å². The molecule has 1 saturated heterocycles. The molecule has 2 unspecified atom stereocenters. The second kappa shape index (κ2) is 6.53.